The van der Waals surface area contributed by atoms with E-state index in [2.05, 4.69) is 9.97 Å². The first-order valence-corrected chi connectivity index (χ1v) is 12.4. The number of β-amino-alcohol motifs (C(OH)–C–C–N with tert-alkyl or cyclic N) is 1. The van der Waals surface area contributed by atoms with Crippen molar-refractivity contribution in [1.82, 2.24) is 19.4 Å². The van der Waals surface area contributed by atoms with Crippen LogP contribution in [0.15, 0.2) is 67.1 Å². The Morgan fingerprint density at radius 1 is 1.15 bits per heavy atom. The number of hydrogen-bond acceptors (Lipinski definition) is 6. The molecule has 0 bridgehead atoms. The third-order valence-corrected chi connectivity index (χ3v) is 7.33. The van der Waals surface area contributed by atoms with Gasteiger partial charge in [0.2, 0.25) is 11.4 Å². The number of halogens is 3. The van der Waals surface area contributed by atoms with Crippen LogP contribution in [0.2, 0.25) is 0 Å². The number of aromatic nitrogens is 3. The van der Waals surface area contributed by atoms with Crippen LogP contribution >= 0.6 is 0 Å². The minimum absolute atomic E-state index is 0.0826. The molecule has 2 aromatic heterocycles. The Labute approximate surface area is 221 Å². The number of nitrogens with one attached hydrogen (secondary N) is 1. The van der Waals surface area contributed by atoms with Gasteiger partial charge in [-0.25, -0.2) is 4.98 Å². The number of ketones is 1. The maximum atomic E-state index is 14.6. The number of imidazole rings is 1. The van der Waals surface area contributed by atoms with E-state index in [1.165, 1.54) is 40.2 Å². The van der Waals surface area contributed by atoms with Gasteiger partial charge in [-0.2, -0.15) is 13.2 Å². The van der Waals surface area contributed by atoms with Gasteiger partial charge >= 0.3 is 6.18 Å². The summed E-state index contributed by atoms with van der Waals surface area (Å²) in [6.45, 7) is -0.209. The van der Waals surface area contributed by atoms with Gasteiger partial charge in [0.05, 0.1) is 10.4 Å². The third kappa shape index (κ3) is 5.17. The second-order valence-electron chi connectivity index (χ2n) is 9.83. The van der Waals surface area contributed by atoms with Crippen molar-refractivity contribution in [2.24, 2.45) is 5.92 Å². The number of non-ortho nitro benzene ring substituents is 1. The van der Waals surface area contributed by atoms with Crippen LogP contribution in [-0.4, -0.2) is 61.1 Å². The van der Waals surface area contributed by atoms with Gasteiger partial charge in [0.1, 0.15) is 0 Å². The fourth-order valence-corrected chi connectivity index (χ4v) is 5.23. The molecule has 5 rings (SSSR count). The molecule has 12 heteroatoms. The molecule has 39 heavy (non-hydrogen) atoms. The molecular weight excluding hydrogens is 515 g/mol. The van der Waals surface area contributed by atoms with Crippen LogP contribution in [0.1, 0.15) is 34.6 Å². The van der Waals surface area contributed by atoms with Crippen molar-refractivity contribution in [3.05, 3.63) is 94.2 Å². The van der Waals surface area contributed by atoms with Crippen LogP contribution in [0.25, 0.3) is 10.9 Å². The van der Waals surface area contributed by atoms with E-state index in [0.717, 1.165) is 11.6 Å². The number of H-pyrrole nitrogens is 1. The summed E-state index contributed by atoms with van der Waals surface area (Å²) in [5.74, 6) is -0.336. The molecule has 204 valence electrons. The summed E-state index contributed by atoms with van der Waals surface area (Å²) in [5, 5.41) is 22.9. The van der Waals surface area contributed by atoms with Gasteiger partial charge in [-0.1, -0.05) is 30.3 Å². The number of benzene rings is 2. The molecule has 0 aliphatic carbocycles. The Hall–Kier alpha value is -4.03. The summed E-state index contributed by atoms with van der Waals surface area (Å²) >= 11 is 0. The number of alkyl halides is 3. The Morgan fingerprint density at radius 2 is 1.87 bits per heavy atom. The summed E-state index contributed by atoms with van der Waals surface area (Å²) in [6.07, 6.45) is -0.141. The number of likely N-dealkylation sites (tertiary alicyclic amines) is 1. The van der Waals surface area contributed by atoms with Gasteiger partial charge in [-0.05, 0) is 37.6 Å². The molecule has 0 saturated carbocycles. The minimum atomic E-state index is -5.04. The van der Waals surface area contributed by atoms with Crippen molar-refractivity contribution in [2.45, 2.75) is 31.2 Å². The van der Waals surface area contributed by atoms with E-state index < -0.39 is 23.2 Å². The zero-order valence-electron chi connectivity index (χ0n) is 20.8. The Balaban J connectivity index is 1.47. The van der Waals surface area contributed by atoms with Gasteiger partial charge < -0.3 is 14.7 Å². The Morgan fingerprint density at radius 3 is 2.49 bits per heavy atom. The van der Waals surface area contributed by atoms with Crippen LogP contribution < -0.4 is 0 Å². The maximum absolute atomic E-state index is 14.6. The molecule has 1 aliphatic heterocycles. The fraction of sp³-hybridized carbons (Fsp3) is 0.333. The van der Waals surface area contributed by atoms with Crippen molar-refractivity contribution in [3.8, 4) is 0 Å². The van der Waals surface area contributed by atoms with E-state index in [9.17, 15) is 33.2 Å². The van der Waals surface area contributed by atoms with E-state index in [4.69, 9.17) is 0 Å². The predicted octanol–water partition coefficient (Wildman–Crippen LogP) is 4.67. The van der Waals surface area contributed by atoms with Crippen LogP contribution in [0.3, 0.4) is 0 Å². The molecule has 1 unspecified atom stereocenters. The molecule has 2 N–H and O–H groups in total. The zero-order chi connectivity index (χ0) is 27.8. The van der Waals surface area contributed by atoms with E-state index in [0.29, 0.717) is 12.8 Å². The van der Waals surface area contributed by atoms with E-state index in [1.807, 2.05) is 0 Å². The number of rotatable bonds is 8. The normalized spacial score (nSPS) is 16.8. The Kier molecular flexibility index (Phi) is 7.00. The molecule has 0 amide bonds. The van der Waals surface area contributed by atoms with Gasteiger partial charge in [0.25, 0.3) is 5.69 Å². The quantitative estimate of drug-likeness (QED) is 0.190. The summed E-state index contributed by atoms with van der Waals surface area (Å²) < 4.78 is 45.4. The lowest BCUT2D eigenvalue weighted by Gasteiger charge is -2.38. The highest BCUT2D eigenvalue weighted by molar-refractivity contribution is 5.94. The fourth-order valence-electron chi connectivity index (χ4n) is 5.23. The molecule has 4 aromatic rings. The lowest BCUT2D eigenvalue weighted by molar-refractivity contribution is -0.384. The number of hydrogen-bond donors (Lipinski definition) is 2. The first-order chi connectivity index (χ1) is 18.6. The summed E-state index contributed by atoms with van der Waals surface area (Å²) in [4.78, 5) is 31.7. The average Bonchev–Trinajstić information content (AvgIpc) is 3.57. The van der Waals surface area contributed by atoms with E-state index >= 15 is 0 Å². The molecule has 1 saturated heterocycles. The van der Waals surface area contributed by atoms with Crippen LogP contribution in [0.4, 0.5) is 18.9 Å². The second-order valence-corrected chi connectivity index (χ2v) is 9.83. The third-order valence-electron chi connectivity index (χ3n) is 7.33. The largest absolute Gasteiger partial charge is 0.422 e. The van der Waals surface area contributed by atoms with Crippen LogP contribution in [-0.2, 0) is 12.1 Å². The van der Waals surface area contributed by atoms with Crippen molar-refractivity contribution in [2.75, 3.05) is 19.6 Å². The number of carbonyl (C=O) groups excluding carboxylic acids is 1. The highest BCUT2D eigenvalue weighted by atomic mass is 19.4. The monoisotopic (exact) mass is 541 g/mol. The van der Waals surface area contributed by atoms with E-state index in [1.54, 1.807) is 30.3 Å². The summed E-state index contributed by atoms with van der Waals surface area (Å²) in [5.41, 5.74) is -2.88. The standard InChI is InChI=1S/C27H26F3N5O4/c28-27(29,30)26(37,17-33-12-8-19(9-13-33)24(36)25-31-10-11-32-25)22-16-34(15-18-4-2-1-3-5-18)23-14-20(35(38)39)6-7-21(22)23/h1-7,10-11,14,16,19,37H,8-9,12-13,15,17H2,(H,31,32). The first kappa shape index (κ1) is 26.6. The minimum Gasteiger partial charge on any atom is -0.375 e. The highest BCUT2D eigenvalue weighted by Crippen LogP contribution is 2.44. The van der Waals surface area contributed by atoms with Gasteiger partial charge in [-0.15, -0.1) is 0 Å². The molecule has 1 aliphatic rings. The number of Topliss-reactive ketones (excluding diaryl/α,β-unsaturated/α-hetero) is 1. The average molecular weight is 542 g/mol. The smallest absolute Gasteiger partial charge is 0.375 e. The highest BCUT2D eigenvalue weighted by Gasteiger charge is 2.57. The molecule has 1 atom stereocenters. The molecule has 3 heterocycles. The van der Waals surface area contributed by atoms with Crippen LogP contribution in [0, 0.1) is 16.0 Å². The number of fused-ring (bicyclic) bond motifs is 1. The number of nitrogens with zero attached hydrogens (tertiary/aromatic N) is 4. The summed E-state index contributed by atoms with van der Waals surface area (Å²) in [6, 6.07) is 12.6. The predicted molar refractivity (Wildman–Crippen MR) is 136 cm³/mol. The van der Waals surface area contributed by atoms with Gasteiger partial charge in [0, 0.05) is 60.7 Å². The molecular formula is C27H26F3N5O4. The van der Waals surface area contributed by atoms with Crippen molar-refractivity contribution in [3.63, 3.8) is 0 Å². The van der Waals surface area contributed by atoms with Crippen molar-refractivity contribution in [1.29, 1.82) is 0 Å². The molecule has 2 aromatic carbocycles. The van der Waals surface area contributed by atoms with Crippen LogP contribution in [0.5, 0.6) is 0 Å². The zero-order valence-corrected chi connectivity index (χ0v) is 20.8. The lowest BCUT2D eigenvalue weighted by atomic mass is 9.88. The second kappa shape index (κ2) is 10.3. The summed E-state index contributed by atoms with van der Waals surface area (Å²) in [7, 11) is 0. The van der Waals surface area contributed by atoms with Gasteiger partial charge in [-0.3, -0.25) is 19.8 Å². The molecule has 1 fully saturated rings. The van der Waals surface area contributed by atoms with Crippen molar-refractivity contribution >= 4 is 22.4 Å². The van der Waals surface area contributed by atoms with E-state index in [-0.39, 0.29) is 59.3 Å². The Bertz CT molecular complexity index is 1480. The topological polar surface area (TPSA) is 117 Å². The number of nitro groups is 1. The lowest BCUT2D eigenvalue weighted by Crippen LogP contribution is -2.52. The molecule has 0 spiro atoms. The van der Waals surface area contributed by atoms with Gasteiger partial charge in [0.15, 0.2) is 5.82 Å². The first-order valence-electron chi connectivity index (χ1n) is 12.4. The molecule has 9 nitrogen and oxygen atoms in total. The number of carbonyl (C=O) groups is 1. The molecule has 0 radical (unpaired) electrons. The number of nitro benzene ring substituents is 1. The number of aliphatic hydroxyl groups is 1. The number of aromatic amines is 1. The number of piperidine rings is 1. The SMILES string of the molecule is O=C(c1ncc[nH]1)C1CCN(CC(O)(c2cn(Cc3ccccc3)c3cc([N+](=O)[O-])ccc23)C(F)(F)F)CC1. The maximum Gasteiger partial charge on any atom is 0.422 e. The van der Waals surface area contributed by atoms with Crippen molar-refractivity contribution < 1.29 is 28.0 Å².